The Morgan fingerprint density at radius 3 is 2.59 bits per heavy atom. The summed E-state index contributed by atoms with van der Waals surface area (Å²) < 4.78 is 5.63. The molecule has 1 aromatic carbocycles. The average Bonchev–Trinajstić information content (AvgIpc) is 2.75. The van der Waals surface area contributed by atoms with Crippen molar-refractivity contribution < 1.29 is 9.53 Å². The van der Waals surface area contributed by atoms with E-state index in [1.54, 1.807) is 24.3 Å². The molecule has 0 saturated heterocycles. The van der Waals surface area contributed by atoms with Crippen LogP contribution in [-0.2, 0) is 10.3 Å². The number of amides is 1. The van der Waals surface area contributed by atoms with Gasteiger partial charge < -0.3 is 15.4 Å². The Kier molecular flexibility index (Phi) is 4.10. The van der Waals surface area contributed by atoms with Crippen molar-refractivity contribution in [2.45, 2.75) is 24.8 Å². The van der Waals surface area contributed by atoms with Crippen molar-refractivity contribution in [3.8, 4) is 28.3 Å². The fourth-order valence-corrected chi connectivity index (χ4v) is 3.96. The maximum absolute atomic E-state index is 12.1. The normalized spacial score (nSPS) is 17.3. The Balaban J connectivity index is 1.64. The molecule has 1 saturated carbocycles. The number of rotatable bonds is 3. The highest BCUT2D eigenvalue weighted by molar-refractivity contribution is 5.98. The van der Waals surface area contributed by atoms with Gasteiger partial charge in [-0.25, -0.2) is 4.98 Å². The van der Waals surface area contributed by atoms with E-state index < -0.39 is 0 Å². The molecule has 0 unspecified atom stereocenters. The van der Waals surface area contributed by atoms with Gasteiger partial charge in [0.1, 0.15) is 5.69 Å². The number of nitrogens with zero attached hydrogens (tertiary/aromatic N) is 3. The summed E-state index contributed by atoms with van der Waals surface area (Å²) in [6.07, 6.45) is 6.77. The zero-order valence-corrected chi connectivity index (χ0v) is 16.3. The van der Waals surface area contributed by atoms with Gasteiger partial charge in [-0.05, 0) is 37.0 Å². The third-order valence-electron chi connectivity index (χ3n) is 5.99. The van der Waals surface area contributed by atoms with Crippen LogP contribution in [-0.4, -0.2) is 29.5 Å². The topological polar surface area (TPSA) is 81.3 Å². The summed E-state index contributed by atoms with van der Waals surface area (Å²) in [4.78, 5) is 22.7. The zero-order valence-electron chi connectivity index (χ0n) is 16.3. The van der Waals surface area contributed by atoms with Crippen molar-refractivity contribution in [2.75, 3.05) is 18.6 Å². The Morgan fingerprint density at radius 1 is 1.14 bits per heavy atom. The summed E-state index contributed by atoms with van der Waals surface area (Å²) in [5, 5.41) is 0. The van der Waals surface area contributed by atoms with E-state index in [0.717, 1.165) is 40.8 Å². The standard InChI is InChI=1S/C23H22N4O2/c1-27-19-12-18(16-4-2-11-25-13-16)21(26-22(19)29-14-20(27)28)15-5-7-17(8-6-15)23(24)9-3-10-23/h2,4-8,11-13H,3,9-10,14,24H2,1H3. The van der Waals surface area contributed by atoms with Crippen molar-refractivity contribution in [2.24, 2.45) is 5.73 Å². The lowest BCUT2D eigenvalue weighted by Gasteiger charge is -2.38. The molecule has 2 aliphatic rings. The molecule has 0 bridgehead atoms. The fraction of sp³-hybridized carbons (Fsp3) is 0.261. The van der Waals surface area contributed by atoms with E-state index in [4.69, 9.17) is 15.5 Å². The number of aromatic nitrogens is 2. The van der Waals surface area contributed by atoms with Crippen LogP contribution in [0.1, 0.15) is 24.8 Å². The summed E-state index contributed by atoms with van der Waals surface area (Å²) in [7, 11) is 1.74. The van der Waals surface area contributed by atoms with E-state index in [2.05, 4.69) is 29.2 Å². The molecule has 0 spiro atoms. The Morgan fingerprint density at radius 2 is 1.93 bits per heavy atom. The lowest BCUT2D eigenvalue weighted by atomic mass is 9.72. The first-order chi connectivity index (χ1) is 14.0. The molecule has 2 aromatic heterocycles. The van der Waals surface area contributed by atoms with Crippen LogP contribution >= 0.6 is 0 Å². The van der Waals surface area contributed by atoms with Gasteiger partial charge in [0.25, 0.3) is 5.91 Å². The molecule has 29 heavy (non-hydrogen) atoms. The number of carbonyl (C=O) groups excluding carboxylic acids is 1. The number of hydrogen-bond acceptors (Lipinski definition) is 5. The van der Waals surface area contributed by atoms with Crippen LogP contribution < -0.4 is 15.4 Å². The number of nitrogens with two attached hydrogens (primary N) is 1. The fourth-order valence-electron chi connectivity index (χ4n) is 3.96. The van der Waals surface area contributed by atoms with Gasteiger partial charge in [0, 0.05) is 41.7 Å². The van der Waals surface area contributed by atoms with Crippen LogP contribution in [0.3, 0.4) is 0 Å². The molecule has 5 rings (SSSR count). The van der Waals surface area contributed by atoms with Gasteiger partial charge in [0.15, 0.2) is 6.61 Å². The number of hydrogen-bond donors (Lipinski definition) is 1. The van der Waals surface area contributed by atoms with E-state index in [0.29, 0.717) is 11.6 Å². The highest BCUT2D eigenvalue weighted by Gasteiger charge is 2.34. The van der Waals surface area contributed by atoms with Gasteiger partial charge in [-0.3, -0.25) is 9.78 Å². The van der Waals surface area contributed by atoms with Crippen LogP contribution in [0.2, 0.25) is 0 Å². The number of carbonyl (C=O) groups is 1. The van der Waals surface area contributed by atoms with E-state index in [9.17, 15) is 4.79 Å². The lowest BCUT2D eigenvalue weighted by Crippen LogP contribution is -2.43. The van der Waals surface area contributed by atoms with Crippen LogP contribution in [0.15, 0.2) is 54.9 Å². The number of fused-ring (bicyclic) bond motifs is 1. The van der Waals surface area contributed by atoms with Gasteiger partial charge in [-0.15, -0.1) is 0 Å². The number of likely N-dealkylation sites (N-methyl/N-ethyl adjacent to an activating group) is 1. The second-order valence-corrected chi connectivity index (χ2v) is 7.78. The van der Waals surface area contributed by atoms with Crippen LogP contribution in [0.5, 0.6) is 5.88 Å². The highest BCUT2D eigenvalue weighted by atomic mass is 16.5. The quantitative estimate of drug-likeness (QED) is 0.745. The Bertz CT molecular complexity index is 1080. The monoisotopic (exact) mass is 386 g/mol. The molecule has 1 aliphatic carbocycles. The minimum absolute atomic E-state index is 0.00316. The maximum atomic E-state index is 12.1. The zero-order chi connectivity index (χ0) is 20.0. The molecule has 6 nitrogen and oxygen atoms in total. The molecule has 0 radical (unpaired) electrons. The molecule has 1 aliphatic heterocycles. The van der Waals surface area contributed by atoms with E-state index >= 15 is 0 Å². The molecule has 0 atom stereocenters. The first-order valence-electron chi connectivity index (χ1n) is 9.80. The molecule has 3 aromatic rings. The second kappa shape index (κ2) is 6.67. The van der Waals surface area contributed by atoms with Crippen molar-refractivity contribution in [3.05, 3.63) is 60.4 Å². The third kappa shape index (κ3) is 2.96. The van der Waals surface area contributed by atoms with Crippen molar-refractivity contribution in [1.82, 2.24) is 9.97 Å². The smallest absolute Gasteiger partial charge is 0.264 e. The second-order valence-electron chi connectivity index (χ2n) is 7.78. The number of ether oxygens (including phenoxy) is 1. The first kappa shape index (κ1) is 17.8. The minimum Gasteiger partial charge on any atom is -0.466 e. The van der Waals surface area contributed by atoms with Gasteiger partial charge in [-0.1, -0.05) is 30.3 Å². The van der Waals surface area contributed by atoms with Crippen LogP contribution in [0, 0.1) is 0 Å². The summed E-state index contributed by atoms with van der Waals surface area (Å²) in [5.74, 6) is 0.371. The predicted octanol–water partition coefficient (Wildman–Crippen LogP) is 3.50. The van der Waals surface area contributed by atoms with Crippen molar-refractivity contribution in [1.29, 1.82) is 0 Å². The molecule has 3 heterocycles. The average molecular weight is 386 g/mol. The number of pyridine rings is 2. The van der Waals surface area contributed by atoms with Gasteiger partial charge in [0.2, 0.25) is 5.88 Å². The largest absolute Gasteiger partial charge is 0.466 e. The van der Waals surface area contributed by atoms with E-state index in [-0.39, 0.29) is 18.1 Å². The van der Waals surface area contributed by atoms with Gasteiger partial charge in [-0.2, -0.15) is 0 Å². The molecule has 1 amide bonds. The molecular weight excluding hydrogens is 364 g/mol. The number of benzene rings is 1. The van der Waals surface area contributed by atoms with Gasteiger partial charge in [0.05, 0.1) is 5.69 Å². The Labute approximate surface area is 169 Å². The van der Waals surface area contributed by atoms with Crippen molar-refractivity contribution in [3.63, 3.8) is 0 Å². The summed E-state index contributed by atoms with van der Waals surface area (Å²) >= 11 is 0. The van der Waals surface area contributed by atoms with Crippen LogP contribution in [0.4, 0.5) is 5.69 Å². The molecule has 2 N–H and O–H groups in total. The number of anilines is 1. The summed E-state index contributed by atoms with van der Waals surface area (Å²) in [5.41, 5.74) is 11.7. The Hall–Kier alpha value is -3.25. The lowest BCUT2D eigenvalue weighted by molar-refractivity contribution is -0.121. The van der Waals surface area contributed by atoms with Gasteiger partial charge >= 0.3 is 0 Å². The summed E-state index contributed by atoms with van der Waals surface area (Å²) in [6, 6.07) is 14.2. The SMILES string of the molecule is CN1C(=O)COc2nc(-c3ccc(C4(N)CCC4)cc3)c(-c3cccnc3)cc21. The minimum atomic E-state index is -0.194. The van der Waals surface area contributed by atoms with E-state index in [1.165, 1.54) is 6.42 Å². The third-order valence-corrected chi connectivity index (χ3v) is 5.99. The molecular formula is C23H22N4O2. The molecule has 6 heteroatoms. The van der Waals surface area contributed by atoms with E-state index in [1.807, 2.05) is 18.2 Å². The van der Waals surface area contributed by atoms with Crippen molar-refractivity contribution >= 4 is 11.6 Å². The van der Waals surface area contributed by atoms with Crippen LogP contribution in [0.25, 0.3) is 22.4 Å². The highest BCUT2D eigenvalue weighted by Crippen LogP contribution is 2.42. The first-order valence-corrected chi connectivity index (χ1v) is 9.80. The maximum Gasteiger partial charge on any atom is 0.264 e. The molecule has 146 valence electrons. The summed E-state index contributed by atoms with van der Waals surface area (Å²) in [6.45, 7) is -0.00316. The molecule has 1 fully saturated rings. The predicted molar refractivity (Wildman–Crippen MR) is 112 cm³/mol.